The van der Waals surface area contributed by atoms with Gasteiger partial charge in [0.15, 0.2) is 0 Å². The number of amides is 1. The largest absolute Gasteiger partial charge is 0.490 e. The van der Waals surface area contributed by atoms with Gasteiger partial charge < -0.3 is 38.9 Å². The summed E-state index contributed by atoms with van der Waals surface area (Å²) in [5.74, 6) is 5.50. The number of rotatable bonds is 23. The second-order valence-corrected chi connectivity index (χ2v) is 26.6. The molecule has 26 nitrogen and oxygen atoms in total. The molecule has 5 atom stereocenters. The third-order valence-electron chi connectivity index (χ3n) is 13.6. The van der Waals surface area contributed by atoms with Crippen LogP contribution in [0.5, 0.6) is 0 Å². The number of phosphoric acid groups is 3. The lowest BCUT2D eigenvalue weighted by Crippen LogP contribution is -2.34. The number of nitrogens with zero attached hydrogens (tertiary/aromatic N) is 3. The first-order valence-electron chi connectivity index (χ1n) is 25.4. The Kier molecular flexibility index (Phi) is 20.1. The number of phosphoric ester groups is 1. The number of hydrogen-bond donors (Lipinski definition) is 8. The van der Waals surface area contributed by atoms with E-state index < -0.39 is 95.9 Å². The first kappa shape index (κ1) is 63.6. The van der Waals surface area contributed by atoms with Gasteiger partial charge in [0, 0.05) is 58.7 Å². The van der Waals surface area contributed by atoms with E-state index in [1.165, 1.54) is 18.2 Å². The molecule has 8 N–H and O–H groups in total. The number of hydrogen-bond acceptors (Lipinski definition) is 16. The Balaban J connectivity index is 1.11. The van der Waals surface area contributed by atoms with Crippen molar-refractivity contribution in [3.8, 4) is 34.5 Å². The van der Waals surface area contributed by atoms with Gasteiger partial charge in [0.2, 0.25) is 11.3 Å². The zero-order valence-electron chi connectivity index (χ0n) is 44.6. The van der Waals surface area contributed by atoms with E-state index in [-0.39, 0.29) is 57.2 Å². The summed E-state index contributed by atoms with van der Waals surface area (Å²) in [4.78, 5) is 79.1. The van der Waals surface area contributed by atoms with Crippen molar-refractivity contribution < 1.29 is 86.3 Å². The number of aromatic amines is 1. The van der Waals surface area contributed by atoms with E-state index in [9.17, 15) is 63.8 Å². The number of aromatic nitrogens is 2. The van der Waals surface area contributed by atoms with E-state index in [0.29, 0.717) is 28.5 Å². The van der Waals surface area contributed by atoms with Crippen molar-refractivity contribution in [1.82, 2.24) is 19.4 Å². The SMILES string of the molecule is CC[N+](CC)=c1ccc2c(/C=C/C=C3\N(CCCS(=O)(=O)O)c4ccc(S(=O)(=O)O)cc4C3(C)CCCC(=O)NCC#Cc3cn([C@H]4CC[C@@H](COP(=O)(O)OP(=O)(O)OP(=O)(O)O)O4)c(=O)[nH]c3=O)c(C)c(-c3ccccc3)oc-2c1. The van der Waals surface area contributed by atoms with Crippen LogP contribution in [0.1, 0.15) is 87.8 Å². The third-order valence-corrected chi connectivity index (χ3v) is 19.0. The molecule has 0 bridgehead atoms. The minimum Gasteiger partial charge on any atom is -0.456 e. The van der Waals surface area contributed by atoms with E-state index in [4.69, 9.17) is 18.9 Å². The van der Waals surface area contributed by atoms with E-state index in [1.807, 2.05) is 85.5 Å². The molecule has 1 aliphatic carbocycles. The number of nitrogens with one attached hydrogen (secondary N) is 2. The van der Waals surface area contributed by atoms with Crippen molar-refractivity contribution in [2.75, 3.05) is 43.4 Å². The van der Waals surface area contributed by atoms with Crippen LogP contribution in [0.4, 0.5) is 5.69 Å². The average Bonchev–Trinajstić information content (AvgIpc) is 4.16. The fraction of sp³-hybridized carbons (Fsp3) is 0.373. The first-order valence-corrected chi connectivity index (χ1v) is 33.0. The number of H-pyrrole nitrogens is 1. The Hall–Kier alpha value is -5.95. The Morgan fingerprint density at radius 1 is 0.951 bits per heavy atom. The highest BCUT2D eigenvalue weighted by molar-refractivity contribution is 7.86. The molecule has 1 amide bonds. The smallest absolute Gasteiger partial charge is 0.456 e. The lowest BCUT2D eigenvalue weighted by atomic mass is 9.77. The maximum absolute atomic E-state index is 13.4. The Morgan fingerprint density at radius 3 is 2.34 bits per heavy atom. The third kappa shape index (κ3) is 16.2. The van der Waals surface area contributed by atoms with Gasteiger partial charge in [0.1, 0.15) is 36.4 Å². The zero-order valence-corrected chi connectivity index (χ0v) is 48.9. The Bertz CT molecular complexity index is 3920. The molecular formula is C51H61N5O21P3S2+. The summed E-state index contributed by atoms with van der Waals surface area (Å²) in [5, 5.41) is 3.64. The summed E-state index contributed by atoms with van der Waals surface area (Å²) >= 11 is 0. The molecule has 3 unspecified atom stereocenters. The Labute approximate surface area is 471 Å². The van der Waals surface area contributed by atoms with Gasteiger partial charge in [-0.15, -0.1) is 0 Å². The zero-order chi connectivity index (χ0) is 60.0. The van der Waals surface area contributed by atoms with Gasteiger partial charge in [-0.05, 0) is 101 Å². The van der Waals surface area contributed by atoms with Crippen LogP contribution in [0, 0.1) is 18.8 Å². The molecule has 3 aliphatic heterocycles. The number of benzene rings is 3. The molecule has 4 heterocycles. The van der Waals surface area contributed by atoms with Crippen LogP contribution in [0.2, 0.25) is 0 Å². The molecule has 1 saturated heterocycles. The van der Waals surface area contributed by atoms with Crippen LogP contribution in [0.25, 0.3) is 28.7 Å². The van der Waals surface area contributed by atoms with Gasteiger partial charge in [0.05, 0.1) is 36.0 Å². The summed E-state index contributed by atoms with van der Waals surface area (Å²) in [7, 11) is -25.9. The maximum atomic E-state index is 13.4. The summed E-state index contributed by atoms with van der Waals surface area (Å²) < 4.78 is 131. The van der Waals surface area contributed by atoms with Gasteiger partial charge in [-0.3, -0.25) is 32.8 Å². The topological polar surface area (TPSA) is 381 Å². The molecule has 1 aromatic heterocycles. The normalized spacial score (nSPS) is 19.4. The number of carbonyl (C=O) groups excluding carboxylic acids is 1. The average molecular weight is 1240 g/mol. The number of allylic oxidation sites excluding steroid dienone is 3. The van der Waals surface area contributed by atoms with Crippen LogP contribution < -0.4 is 31.4 Å². The predicted molar refractivity (Wildman–Crippen MR) is 299 cm³/mol. The molecule has 0 saturated carbocycles. The summed E-state index contributed by atoms with van der Waals surface area (Å²) in [6.07, 6.45) is 5.03. The molecule has 442 valence electrons. The Morgan fingerprint density at radius 2 is 1.67 bits per heavy atom. The molecule has 0 spiro atoms. The monoisotopic (exact) mass is 1240 g/mol. The van der Waals surface area contributed by atoms with Crippen LogP contribution in [-0.4, -0.2) is 106 Å². The van der Waals surface area contributed by atoms with Crippen molar-refractivity contribution in [3.05, 3.63) is 139 Å². The standard InChI is InChI=1S/C51H60N5O21P3S2/c1-5-54(6-2)37-20-23-41-40(34(3)48(75-44(41)30-37)35-14-8-7-9-15-35)17-10-18-45-51(4,42-31-39(82(70,71)72)22-24-43(42)55(45)28-13-29-81(67,68)69)26-11-19-46(57)52-27-12-16-36-32-56(50(59)53-49(36)58)47-25-21-38(74-47)33-73-79(63,64)77-80(65,66)76-78(60,61)62/h7-10,14-15,17-18,20,22-24,30-32,38,47H,5-6,11,13,19,21,25-29,33H2,1-4H3,(H7-,52,53,57,58,59,60,61,62,63,64,65,66,67,68,69,70,71,72)/p+1/t38-,47+,51?/m0/s1. The highest BCUT2D eigenvalue weighted by Crippen LogP contribution is 2.66. The van der Waals surface area contributed by atoms with Crippen molar-refractivity contribution in [1.29, 1.82) is 0 Å². The lowest BCUT2D eigenvalue weighted by Gasteiger charge is -2.30. The molecule has 2 aromatic carbocycles. The van der Waals surface area contributed by atoms with Crippen molar-refractivity contribution in [3.63, 3.8) is 0 Å². The minimum absolute atomic E-state index is 0.0350. The molecule has 1 fully saturated rings. The van der Waals surface area contributed by atoms with Gasteiger partial charge in [-0.2, -0.15) is 25.5 Å². The minimum atomic E-state index is -5.76. The fourth-order valence-electron chi connectivity index (χ4n) is 9.79. The molecule has 82 heavy (non-hydrogen) atoms. The van der Waals surface area contributed by atoms with Gasteiger partial charge in [-0.25, -0.2) is 23.1 Å². The number of carbonyl (C=O) groups is 1. The number of ether oxygens (including phenoxy) is 1. The van der Waals surface area contributed by atoms with E-state index in [1.54, 1.807) is 0 Å². The van der Waals surface area contributed by atoms with Gasteiger partial charge in [-0.1, -0.05) is 54.3 Å². The molecule has 7 rings (SSSR count). The van der Waals surface area contributed by atoms with Crippen molar-refractivity contribution >= 4 is 61.4 Å². The number of fused-ring (bicyclic) bond motifs is 2. The second kappa shape index (κ2) is 25.9. The highest BCUT2D eigenvalue weighted by atomic mass is 32.2. The van der Waals surface area contributed by atoms with Gasteiger partial charge >= 0.3 is 29.2 Å². The molecule has 0 radical (unpaired) electrons. The molecule has 31 heteroatoms. The highest BCUT2D eigenvalue weighted by Gasteiger charge is 2.44. The van der Waals surface area contributed by atoms with Crippen LogP contribution in [-0.2, 0) is 62.0 Å². The second-order valence-electron chi connectivity index (χ2n) is 19.2. The van der Waals surface area contributed by atoms with E-state index >= 15 is 0 Å². The lowest BCUT2D eigenvalue weighted by molar-refractivity contribution is -0.121. The molecular weight excluding hydrogens is 1180 g/mol. The van der Waals surface area contributed by atoms with Gasteiger partial charge in [0.25, 0.3) is 25.8 Å². The van der Waals surface area contributed by atoms with E-state index in [2.05, 4.69) is 53.7 Å². The number of anilines is 1. The fourth-order valence-corrected chi connectivity index (χ4v) is 13.8. The molecule has 3 aromatic rings. The van der Waals surface area contributed by atoms with Crippen molar-refractivity contribution in [2.24, 2.45) is 0 Å². The summed E-state index contributed by atoms with van der Waals surface area (Å²) in [6.45, 7) is 8.51. The van der Waals surface area contributed by atoms with Crippen LogP contribution in [0.3, 0.4) is 0 Å². The van der Waals surface area contributed by atoms with Crippen LogP contribution >= 0.6 is 23.5 Å². The van der Waals surface area contributed by atoms with E-state index in [0.717, 1.165) is 51.5 Å². The van der Waals surface area contributed by atoms with Crippen LogP contribution in [0.15, 0.2) is 110 Å². The summed E-state index contributed by atoms with van der Waals surface area (Å²) in [5.41, 5.74) is 1.83. The van der Waals surface area contributed by atoms with Crippen molar-refractivity contribution in [2.45, 2.75) is 88.9 Å². The maximum Gasteiger partial charge on any atom is 0.490 e. The summed E-state index contributed by atoms with van der Waals surface area (Å²) in [6, 6.07) is 19.8. The quantitative estimate of drug-likeness (QED) is 0.0171. The first-order chi connectivity index (χ1) is 38.4. The molecule has 4 aliphatic rings. The predicted octanol–water partition coefficient (Wildman–Crippen LogP) is 5.58.